The smallest absolute Gasteiger partial charge is 0.321 e. The third-order valence-electron chi connectivity index (χ3n) is 3.04. The molecule has 2 rings (SSSR count). The van der Waals surface area contributed by atoms with Gasteiger partial charge in [0, 0.05) is 0 Å². The maximum Gasteiger partial charge on any atom is 0.321 e. The van der Waals surface area contributed by atoms with Gasteiger partial charge in [0.05, 0.1) is 6.04 Å². The molecule has 1 aliphatic rings. The fraction of sp³-hybridized carbons (Fsp3) is 0.333. The van der Waals surface area contributed by atoms with Gasteiger partial charge in [-0.05, 0) is 36.6 Å². The molecule has 0 radical (unpaired) electrons. The van der Waals surface area contributed by atoms with Gasteiger partial charge < -0.3 is 15.3 Å². The maximum absolute atomic E-state index is 11.5. The number of benzene rings is 1. The molecule has 96 valence electrons. The van der Waals surface area contributed by atoms with Gasteiger partial charge in [0.15, 0.2) is 17.3 Å². The second-order valence-electron chi connectivity index (χ2n) is 4.35. The van der Waals surface area contributed by atoms with Crippen molar-refractivity contribution >= 4 is 11.8 Å². The van der Waals surface area contributed by atoms with Crippen LogP contribution in [-0.2, 0) is 16.0 Å². The zero-order valence-electron chi connectivity index (χ0n) is 9.67. The SMILES string of the molecule is CC(=O)[C@@H]1NC(C(=O)O)Cc2cc(O)c(O)cc21. The number of ketones is 1. The Balaban J connectivity index is 2.51. The molecule has 0 fully saturated rings. The van der Waals surface area contributed by atoms with E-state index in [1.54, 1.807) is 0 Å². The van der Waals surface area contributed by atoms with Crippen LogP contribution >= 0.6 is 0 Å². The number of hydrogen-bond acceptors (Lipinski definition) is 5. The Labute approximate surface area is 103 Å². The quantitative estimate of drug-likeness (QED) is 0.564. The van der Waals surface area contributed by atoms with Crippen LogP contribution in [0.2, 0.25) is 0 Å². The molecule has 0 bridgehead atoms. The molecule has 0 saturated carbocycles. The van der Waals surface area contributed by atoms with E-state index in [1.807, 2.05) is 0 Å². The van der Waals surface area contributed by atoms with E-state index in [1.165, 1.54) is 19.1 Å². The molecule has 0 amide bonds. The molecule has 1 heterocycles. The number of fused-ring (bicyclic) bond motifs is 1. The molecule has 1 aliphatic heterocycles. The van der Waals surface area contributed by atoms with Crippen LogP contribution in [0.25, 0.3) is 0 Å². The molecule has 6 nitrogen and oxygen atoms in total. The summed E-state index contributed by atoms with van der Waals surface area (Å²) >= 11 is 0. The number of carboxylic acids is 1. The zero-order valence-corrected chi connectivity index (χ0v) is 9.67. The van der Waals surface area contributed by atoms with Gasteiger partial charge in [-0.1, -0.05) is 0 Å². The van der Waals surface area contributed by atoms with Crippen molar-refractivity contribution in [3.05, 3.63) is 23.3 Å². The number of hydrogen-bond donors (Lipinski definition) is 4. The first kappa shape index (κ1) is 12.4. The Morgan fingerprint density at radius 2 is 1.89 bits per heavy atom. The van der Waals surface area contributed by atoms with Crippen molar-refractivity contribution in [2.75, 3.05) is 0 Å². The topological polar surface area (TPSA) is 107 Å². The highest BCUT2D eigenvalue weighted by atomic mass is 16.4. The number of carbonyl (C=O) groups excluding carboxylic acids is 1. The fourth-order valence-electron chi connectivity index (χ4n) is 2.15. The van der Waals surface area contributed by atoms with Gasteiger partial charge in [-0.25, -0.2) is 0 Å². The van der Waals surface area contributed by atoms with Crippen molar-refractivity contribution in [2.24, 2.45) is 0 Å². The summed E-state index contributed by atoms with van der Waals surface area (Å²) in [5.74, 6) is -1.94. The Morgan fingerprint density at radius 3 is 2.44 bits per heavy atom. The lowest BCUT2D eigenvalue weighted by Gasteiger charge is -2.29. The third-order valence-corrected chi connectivity index (χ3v) is 3.04. The number of carboxylic acid groups (broad SMARTS) is 1. The minimum absolute atomic E-state index is 0.155. The van der Waals surface area contributed by atoms with Crippen molar-refractivity contribution in [2.45, 2.75) is 25.4 Å². The number of phenolic OH excluding ortho intramolecular Hbond substituents is 2. The van der Waals surface area contributed by atoms with E-state index in [2.05, 4.69) is 5.32 Å². The minimum Gasteiger partial charge on any atom is -0.504 e. The zero-order chi connectivity index (χ0) is 13.4. The summed E-state index contributed by atoms with van der Waals surface area (Å²) in [7, 11) is 0. The second kappa shape index (κ2) is 4.30. The van der Waals surface area contributed by atoms with Crippen LogP contribution < -0.4 is 5.32 Å². The normalized spacial score (nSPS) is 22.3. The first-order chi connectivity index (χ1) is 8.40. The van der Waals surface area contributed by atoms with E-state index in [0.717, 1.165) is 0 Å². The molecule has 1 aromatic carbocycles. The second-order valence-corrected chi connectivity index (χ2v) is 4.35. The Kier molecular flexibility index (Phi) is 2.96. The van der Waals surface area contributed by atoms with Gasteiger partial charge in [-0.15, -0.1) is 0 Å². The average Bonchev–Trinajstić information content (AvgIpc) is 2.29. The predicted octanol–water partition coefficient (Wildman–Crippen LogP) is 0.327. The van der Waals surface area contributed by atoms with Gasteiger partial charge in [0.25, 0.3) is 0 Å². The average molecular weight is 251 g/mol. The largest absolute Gasteiger partial charge is 0.504 e. The standard InChI is InChI=1S/C12H13NO5/c1-5(14)11-7-4-10(16)9(15)3-6(7)2-8(13-11)12(17)18/h3-4,8,11,13,15-16H,2H2,1H3,(H,17,18)/t8?,11-/m0/s1. The predicted molar refractivity (Wildman–Crippen MR) is 61.5 cm³/mol. The summed E-state index contributed by atoms with van der Waals surface area (Å²) in [6.45, 7) is 1.34. The molecule has 1 aromatic rings. The number of Topliss-reactive ketones (excluding diaryl/α,β-unsaturated/α-hetero) is 1. The highest BCUT2D eigenvalue weighted by Crippen LogP contribution is 2.35. The Bertz CT molecular complexity index is 525. The monoisotopic (exact) mass is 251 g/mol. The van der Waals surface area contributed by atoms with Crippen LogP contribution in [0.4, 0.5) is 0 Å². The van der Waals surface area contributed by atoms with Crippen molar-refractivity contribution in [3.8, 4) is 11.5 Å². The van der Waals surface area contributed by atoms with Crippen molar-refractivity contribution in [3.63, 3.8) is 0 Å². The van der Waals surface area contributed by atoms with E-state index in [0.29, 0.717) is 11.1 Å². The van der Waals surface area contributed by atoms with E-state index in [-0.39, 0.29) is 23.7 Å². The summed E-state index contributed by atoms with van der Waals surface area (Å²) in [6.07, 6.45) is 0.155. The summed E-state index contributed by atoms with van der Waals surface area (Å²) in [5.41, 5.74) is 1.06. The summed E-state index contributed by atoms with van der Waals surface area (Å²) < 4.78 is 0. The van der Waals surface area contributed by atoms with Crippen molar-refractivity contribution < 1.29 is 24.9 Å². The molecular formula is C12H13NO5. The van der Waals surface area contributed by atoms with Crippen LogP contribution in [0.1, 0.15) is 24.1 Å². The Hall–Kier alpha value is -2.08. The van der Waals surface area contributed by atoms with Crippen LogP contribution in [0.5, 0.6) is 11.5 Å². The molecule has 0 spiro atoms. The molecule has 4 N–H and O–H groups in total. The first-order valence-electron chi connectivity index (χ1n) is 5.44. The Morgan fingerprint density at radius 1 is 1.28 bits per heavy atom. The van der Waals surface area contributed by atoms with Crippen LogP contribution in [0.3, 0.4) is 0 Å². The van der Waals surface area contributed by atoms with E-state index >= 15 is 0 Å². The summed E-state index contributed by atoms with van der Waals surface area (Å²) in [5, 5.41) is 30.6. The molecule has 0 saturated heterocycles. The fourth-order valence-corrected chi connectivity index (χ4v) is 2.15. The molecule has 1 unspecified atom stereocenters. The lowest BCUT2D eigenvalue weighted by Crippen LogP contribution is -2.46. The van der Waals surface area contributed by atoms with Gasteiger partial charge in [-0.3, -0.25) is 14.9 Å². The number of nitrogens with one attached hydrogen (secondary N) is 1. The third kappa shape index (κ3) is 2.02. The number of rotatable bonds is 2. The number of phenols is 2. The lowest BCUT2D eigenvalue weighted by atomic mass is 9.88. The number of aliphatic carboxylic acids is 1. The van der Waals surface area contributed by atoms with Crippen molar-refractivity contribution in [1.29, 1.82) is 0 Å². The van der Waals surface area contributed by atoms with Crippen LogP contribution in [0, 0.1) is 0 Å². The van der Waals surface area contributed by atoms with Gasteiger partial charge in [-0.2, -0.15) is 0 Å². The van der Waals surface area contributed by atoms with Gasteiger partial charge >= 0.3 is 5.97 Å². The molecular weight excluding hydrogens is 238 g/mol. The van der Waals surface area contributed by atoms with E-state index in [9.17, 15) is 19.8 Å². The highest BCUT2D eigenvalue weighted by molar-refractivity contribution is 5.86. The van der Waals surface area contributed by atoms with Gasteiger partial charge in [0.2, 0.25) is 0 Å². The molecule has 2 atom stereocenters. The number of aromatic hydroxyl groups is 2. The molecule has 0 aliphatic carbocycles. The molecule has 0 aromatic heterocycles. The number of carbonyl (C=O) groups is 2. The van der Waals surface area contributed by atoms with Crippen molar-refractivity contribution in [1.82, 2.24) is 5.32 Å². The van der Waals surface area contributed by atoms with Crippen LogP contribution in [0.15, 0.2) is 12.1 Å². The lowest BCUT2D eigenvalue weighted by molar-refractivity contribution is -0.140. The maximum atomic E-state index is 11.5. The summed E-state index contributed by atoms with van der Waals surface area (Å²) in [4.78, 5) is 22.5. The summed E-state index contributed by atoms with van der Waals surface area (Å²) in [6, 6.07) is 0.941. The van der Waals surface area contributed by atoms with E-state index < -0.39 is 18.1 Å². The molecule has 18 heavy (non-hydrogen) atoms. The highest BCUT2D eigenvalue weighted by Gasteiger charge is 2.33. The van der Waals surface area contributed by atoms with Crippen LogP contribution in [-0.4, -0.2) is 33.1 Å². The first-order valence-corrected chi connectivity index (χ1v) is 5.44. The molecule has 6 heteroatoms. The van der Waals surface area contributed by atoms with E-state index in [4.69, 9.17) is 5.11 Å². The minimum atomic E-state index is -1.06. The van der Waals surface area contributed by atoms with Gasteiger partial charge in [0.1, 0.15) is 6.04 Å².